The molecule has 2 radical (unpaired) electrons. The molecule has 0 aliphatic rings. The van der Waals surface area contributed by atoms with Crippen molar-refractivity contribution in [3.8, 4) is 6.26 Å². The van der Waals surface area contributed by atoms with Crippen LogP contribution in [-0.4, -0.2) is 28.2 Å². The summed E-state index contributed by atoms with van der Waals surface area (Å²) in [6, 6.07) is 0. The number of aliphatic hydroxyl groups excluding tert-OH is 1. The van der Waals surface area contributed by atoms with Gasteiger partial charge in [0.1, 0.15) is 0 Å². The van der Waals surface area contributed by atoms with Gasteiger partial charge in [-0.15, -0.1) is 0 Å². The predicted octanol–water partition coefficient (Wildman–Crippen LogP) is -0.541. The van der Waals surface area contributed by atoms with Crippen LogP contribution in [0.5, 0.6) is 0 Å². The minimum Gasteiger partial charge on any atom is -0.443 e. The second kappa shape index (κ2) is 11.6. The van der Waals surface area contributed by atoms with Crippen molar-refractivity contribution in [1.82, 2.24) is 0 Å². The van der Waals surface area contributed by atoms with Crippen molar-refractivity contribution in [2.45, 2.75) is 0 Å². The summed E-state index contributed by atoms with van der Waals surface area (Å²) in [5, 5.41) is 13.8. The van der Waals surface area contributed by atoms with Crippen LogP contribution < -0.4 is 0 Å². The molecule has 0 amide bonds. The molecule has 0 aromatic carbocycles. The largest absolute Gasteiger partial charge is 0.443 e. The van der Waals surface area contributed by atoms with Gasteiger partial charge in [-0.2, -0.15) is 5.26 Å². The zero-order valence-electron chi connectivity index (χ0n) is 2.10. The Hall–Kier alpha value is 0.0562. The van der Waals surface area contributed by atoms with Crippen LogP contribution in [0, 0.1) is 11.5 Å². The maximum atomic E-state index is 6.88. The molecule has 0 fully saturated rings. The van der Waals surface area contributed by atoms with Crippen LogP contribution >= 0.6 is 0 Å². The van der Waals surface area contributed by atoms with Gasteiger partial charge in [0.2, 0.25) is 0 Å². The summed E-state index contributed by atoms with van der Waals surface area (Å²) in [6.45, 7) is 0. The average molecular weight is 67.3 g/mol. The lowest BCUT2D eigenvalue weighted by Gasteiger charge is -1.25. The highest BCUT2D eigenvalue weighted by Gasteiger charge is 1.16. The van der Waals surface area contributed by atoms with Crippen LogP contribution in [-0.2, 0) is 0 Å². The highest BCUT2D eigenvalue weighted by atomic mass is 24.3. The van der Waals surface area contributed by atoms with Crippen molar-refractivity contribution < 1.29 is 5.11 Å². The molecule has 0 aromatic heterocycles. The molecule has 0 saturated carbocycles. The smallest absolute Gasteiger partial charge is 0.283 e. The quantitative estimate of drug-likeness (QED) is 0.305. The fraction of sp³-hybridized carbons (Fsp3) is 0. The van der Waals surface area contributed by atoms with E-state index in [1.54, 1.807) is 0 Å². The first-order valence-electron chi connectivity index (χ1n) is 0.447. The summed E-state index contributed by atoms with van der Waals surface area (Å²) in [7, 11) is 0. The minimum absolute atomic E-state index is 0. The number of aliphatic hydroxyl groups is 1. The molecule has 4 heavy (non-hydrogen) atoms. The lowest BCUT2D eigenvalue weighted by Crippen LogP contribution is -1.27. The molecule has 0 aliphatic carbocycles. The Bertz CT molecular complexity index is 29.5. The Labute approximate surface area is 40.2 Å². The number of hydrogen-bond acceptors (Lipinski definition) is 2. The summed E-state index contributed by atoms with van der Waals surface area (Å²) in [4.78, 5) is 0. The molecule has 0 bridgehead atoms. The van der Waals surface area contributed by atoms with Gasteiger partial charge in [0, 0.05) is 23.1 Å². The van der Waals surface area contributed by atoms with Crippen molar-refractivity contribution in [2.24, 2.45) is 0 Å². The van der Waals surface area contributed by atoms with Crippen molar-refractivity contribution in [2.75, 3.05) is 0 Å². The van der Waals surface area contributed by atoms with E-state index in [1.807, 2.05) is 0 Å². The Balaban J connectivity index is 0. The van der Waals surface area contributed by atoms with Crippen LogP contribution in [0.25, 0.3) is 0 Å². The monoisotopic (exact) mass is 67.0 g/mol. The van der Waals surface area contributed by atoms with E-state index in [4.69, 9.17) is 10.4 Å². The lowest BCUT2D eigenvalue weighted by atomic mass is 11.6. The molecule has 3 heteroatoms. The third kappa shape index (κ3) is 725. The lowest BCUT2D eigenvalue weighted by molar-refractivity contribution is 0.503. The molecule has 2 nitrogen and oxygen atoms in total. The second-order valence-corrected chi connectivity index (χ2v) is 0.100. The van der Waals surface area contributed by atoms with Crippen LogP contribution in [0.1, 0.15) is 0 Å². The van der Waals surface area contributed by atoms with Crippen molar-refractivity contribution in [1.29, 1.82) is 5.26 Å². The van der Waals surface area contributed by atoms with E-state index in [-0.39, 0.29) is 23.1 Å². The number of hydrogen-bond donors (Lipinski definition) is 1. The maximum absolute atomic E-state index is 6.88. The number of nitriles is 1. The minimum atomic E-state index is 0. The van der Waals surface area contributed by atoms with Crippen LogP contribution in [0.3, 0.4) is 0 Å². The van der Waals surface area contributed by atoms with Crippen LogP contribution in [0.2, 0.25) is 0 Å². The van der Waals surface area contributed by atoms with Crippen LogP contribution in [0.4, 0.5) is 0 Å². The van der Waals surface area contributed by atoms with E-state index in [9.17, 15) is 0 Å². The molecular weight excluding hydrogens is 66.3 g/mol. The molecule has 1 N–H and O–H groups in total. The van der Waals surface area contributed by atoms with Gasteiger partial charge in [-0.25, -0.2) is 0 Å². The third-order valence-electron chi connectivity index (χ3n) is 0. The van der Waals surface area contributed by atoms with E-state index in [0.717, 1.165) is 6.26 Å². The summed E-state index contributed by atoms with van der Waals surface area (Å²) in [6.07, 6.45) is 0.750. The SMILES string of the molecule is N#CO.[Mg]. The van der Waals surface area contributed by atoms with Gasteiger partial charge in [0.05, 0.1) is 0 Å². The molecule has 0 aliphatic heterocycles. The summed E-state index contributed by atoms with van der Waals surface area (Å²) >= 11 is 0. The van der Waals surface area contributed by atoms with Gasteiger partial charge >= 0.3 is 0 Å². The van der Waals surface area contributed by atoms with E-state index in [2.05, 4.69) is 0 Å². The second-order valence-electron chi connectivity index (χ2n) is 0.100. The first-order chi connectivity index (χ1) is 1.41. The van der Waals surface area contributed by atoms with E-state index < -0.39 is 0 Å². The first-order valence-corrected chi connectivity index (χ1v) is 0.447. The van der Waals surface area contributed by atoms with Gasteiger partial charge in [-0.3, -0.25) is 0 Å². The van der Waals surface area contributed by atoms with Gasteiger partial charge in [0.25, 0.3) is 6.26 Å². The predicted molar refractivity (Wildman–Crippen MR) is 13.3 cm³/mol. The number of nitrogens with zero attached hydrogens (tertiary/aromatic N) is 1. The van der Waals surface area contributed by atoms with Gasteiger partial charge in [-0.05, 0) is 0 Å². The van der Waals surface area contributed by atoms with Gasteiger partial charge in [0.15, 0.2) is 0 Å². The summed E-state index contributed by atoms with van der Waals surface area (Å²) < 4.78 is 0. The molecule has 0 atom stereocenters. The zero-order chi connectivity index (χ0) is 2.71. The number of rotatable bonds is 0. The van der Waals surface area contributed by atoms with Gasteiger partial charge in [-0.1, -0.05) is 0 Å². The van der Waals surface area contributed by atoms with E-state index in [0.29, 0.717) is 0 Å². The third-order valence-corrected chi connectivity index (χ3v) is 0. The maximum Gasteiger partial charge on any atom is 0.283 e. The normalized spacial score (nSPS) is 1.75. The van der Waals surface area contributed by atoms with Crippen molar-refractivity contribution in [3.05, 3.63) is 0 Å². The Morgan fingerprint density at radius 2 is 1.75 bits per heavy atom. The standard InChI is InChI=1S/CHNO.Mg/c2-1-3;/h3H;. The Kier molecular flexibility index (Phi) is 25.9. The van der Waals surface area contributed by atoms with E-state index in [1.165, 1.54) is 0 Å². The fourth-order valence-electron chi connectivity index (χ4n) is 0. The highest BCUT2D eigenvalue weighted by molar-refractivity contribution is 5.75. The molecule has 0 heterocycles. The van der Waals surface area contributed by atoms with E-state index >= 15 is 0 Å². The molecule has 18 valence electrons. The molecular formula is CHMgNO. The van der Waals surface area contributed by atoms with Gasteiger partial charge < -0.3 is 5.11 Å². The summed E-state index contributed by atoms with van der Waals surface area (Å²) in [5.74, 6) is 0. The zero-order valence-corrected chi connectivity index (χ0v) is 3.52. The molecule has 0 rings (SSSR count). The topological polar surface area (TPSA) is 44.0 Å². The molecule has 0 unspecified atom stereocenters. The Morgan fingerprint density at radius 1 is 1.75 bits per heavy atom. The highest BCUT2D eigenvalue weighted by Crippen LogP contribution is 1.06. The summed E-state index contributed by atoms with van der Waals surface area (Å²) in [5.41, 5.74) is 0. The average Bonchev–Trinajstić information content (AvgIpc) is 0.918. The molecule has 0 aromatic rings. The van der Waals surface area contributed by atoms with Crippen molar-refractivity contribution >= 4 is 23.1 Å². The Morgan fingerprint density at radius 3 is 1.75 bits per heavy atom. The van der Waals surface area contributed by atoms with Crippen molar-refractivity contribution in [3.63, 3.8) is 0 Å². The van der Waals surface area contributed by atoms with Crippen LogP contribution in [0.15, 0.2) is 0 Å². The molecule has 0 saturated heterocycles. The first kappa shape index (κ1) is 8.96. The fourth-order valence-corrected chi connectivity index (χ4v) is 0. The molecule has 0 spiro atoms.